The summed E-state index contributed by atoms with van der Waals surface area (Å²) in [5.41, 5.74) is 2.05. The summed E-state index contributed by atoms with van der Waals surface area (Å²) in [4.78, 5) is 4.73. The van der Waals surface area contributed by atoms with Crippen molar-refractivity contribution in [2.45, 2.75) is 25.7 Å². The molecule has 0 radical (unpaired) electrons. The number of halogens is 2. The van der Waals surface area contributed by atoms with Crippen LogP contribution in [0.4, 0.5) is 0 Å². The van der Waals surface area contributed by atoms with Crippen LogP contribution in [-0.2, 0) is 9.47 Å². The normalized spacial score (nSPS) is 18.5. The number of rotatable bonds is 8. The van der Waals surface area contributed by atoms with Crippen molar-refractivity contribution in [3.63, 3.8) is 0 Å². The smallest absolute Gasteiger partial charge is 0.231 e. The fourth-order valence-electron chi connectivity index (χ4n) is 4.01. The molecule has 0 bridgehead atoms. The molecule has 1 aromatic carbocycles. The average Bonchev–Trinajstić information content (AvgIpc) is 2.84. The lowest BCUT2D eigenvalue weighted by atomic mass is 10.0. The third kappa shape index (κ3) is 6.90. The summed E-state index contributed by atoms with van der Waals surface area (Å²) in [5, 5.41) is 9.09. The van der Waals surface area contributed by atoms with Crippen LogP contribution in [0.3, 0.4) is 0 Å². The Morgan fingerprint density at radius 2 is 1.88 bits per heavy atom. The highest BCUT2D eigenvalue weighted by molar-refractivity contribution is 14.1. The Hall–Kier alpha value is -1.71. The number of hydrogen-bond donors (Lipinski definition) is 0. The maximum atomic E-state index is 9.09. The summed E-state index contributed by atoms with van der Waals surface area (Å²) in [6, 6.07) is 5.93. The number of ether oxygens (including phenoxy) is 3. The zero-order valence-electron chi connectivity index (χ0n) is 18.4. The molecular formula is C25H27I2N3O3. The van der Waals surface area contributed by atoms with Crippen molar-refractivity contribution in [1.29, 1.82) is 5.26 Å². The molecule has 0 saturated carbocycles. The second kappa shape index (κ2) is 12.1. The van der Waals surface area contributed by atoms with Crippen LogP contribution in [0.15, 0.2) is 60.1 Å². The third-order valence-electron chi connectivity index (χ3n) is 5.78. The molecule has 1 aliphatic carbocycles. The first-order valence-electron chi connectivity index (χ1n) is 11.2. The van der Waals surface area contributed by atoms with Crippen LogP contribution in [0.2, 0.25) is 0 Å². The first-order valence-corrected chi connectivity index (χ1v) is 13.3. The van der Waals surface area contributed by atoms with Gasteiger partial charge in [-0.1, -0.05) is 23.8 Å². The molecule has 0 spiro atoms. The van der Waals surface area contributed by atoms with Crippen LogP contribution in [-0.4, -0.2) is 49.1 Å². The van der Waals surface area contributed by atoms with E-state index < -0.39 is 0 Å². The molecule has 174 valence electrons. The maximum absolute atomic E-state index is 9.09. The van der Waals surface area contributed by atoms with Crippen LogP contribution in [0, 0.1) is 18.5 Å². The minimum atomic E-state index is 0.666. The number of piperazine rings is 1. The maximum Gasteiger partial charge on any atom is 0.231 e. The number of allylic oxidation sites excluding steroid dienone is 4. The van der Waals surface area contributed by atoms with Crippen LogP contribution < -0.4 is 4.74 Å². The first-order chi connectivity index (χ1) is 16.1. The van der Waals surface area contributed by atoms with E-state index in [2.05, 4.69) is 79.3 Å². The van der Waals surface area contributed by atoms with Gasteiger partial charge in [0.1, 0.15) is 17.8 Å². The molecule has 1 aromatic rings. The number of benzene rings is 1. The number of nitrogens with zero attached hydrogens (tertiary/aromatic N) is 3. The molecule has 0 N–H and O–H groups in total. The van der Waals surface area contributed by atoms with E-state index in [9.17, 15) is 0 Å². The third-order valence-corrected chi connectivity index (χ3v) is 7.38. The lowest BCUT2D eigenvalue weighted by Gasteiger charge is -2.37. The van der Waals surface area contributed by atoms with Gasteiger partial charge in [-0.15, -0.1) is 0 Å². The van der Waals surface area contributed by atoms with Crippen molar-refractivity contribution in [1.82, 2.24) is 9.80 Å². The zero-order valence-corrected chi connectivity index (χ0v) is 22.7. The Morgan fingerprint density at radius 3 is 2.58 bits per heavy atom. The van der Waals surface area contributed by atoms with Crippen molar-refractivity contribution in [2.24, 2.45) is 0 Å². The van der Waals surface area contributed by atoms with Gasteiger partial charge in [-0.05, 0) is 76.6 Å². The quantitative estimate of drug-likeness (QED) is 0.269. The Labute approximate surface area is 222 Å². The standard InChI is InChI=1S/C25H27I2N3O3/c26-22-14-20(16-28)15-23(27)25(22)32-12-4-7-29-8-10-30(11-9-29)24-18-31-17-21(33-24)13-19-5-2-1-3-6-19/h1-2,5,14-15,17-18H,3-4,6-13H2. The fourth-order valence-corrected chi connectivity index (χ4v) is 6.09. The second-order valence-electron chi connectivity index (χ2n) is 8.16. The van der Waals surface area contributed by atoms with Gasteiger partial charge >= 0.3 is 0 Å². The van der Waals surface area contributed by atoms with Crippen LogP contribution in [0.1, 0.15) is 31.2 Å². The summed E-state index contributed by atoms with van der Waals surface area (Å²) in [5.74, 6) is 2.57. The summed E-state index contributed by atoms with van der Waals surface area (Å²) < 4.78 is 19.7. The van der Waals surface area contributed by atoms with Crippen molar-refractivity contribution in [2.75, 3.05) is 39.3 Å². The molecule has 1 fully saturated rings. The van der Waals surface area contributed by atoms with Gasteiger partial charge in [-0.2, -0.15) is 5.26 Å². The molecule has 0 atom stereocenters. The summed E-state index contributed by atoms with van der Waals surface area (Å²) in [7, 11) is 0. The second-order valence-corrected chi connectivity index (χ2v) is 10.5. The molecular weight excluding hydrogens is 644 g/mol. The van der Waals surface area contributed by atoms with E-state index in [1.165, 1.54) is 5.57 Å². The van der Waals surface area contributed by atoms with E-state index in [1.54, 1.807) is 12.5 Å². The highest BCUT2D eigenvalue weighted by Crippen LogP contribution is 2.29. The first kappa shape index (κ1) is 24.4. The largest absolute Gasteiger partial charge is 0.491 e. The van der Waals surface area contributed by atoms with Crippen LogP contribution >= 0.6 is 45.2 Å². The molecule has 3 aliphatic rings. The van der Waals surface area contributed by atoms with E-state index in [4.69, 9.17) is 19.5 Å². The van der Waals surface area contributed by atoms with E-state index in [1.807, 2.05) is 12.1 Å². The Kier molecular flexibility index (Phi) is 8.97. The van der Waals surface area contributed by atoms with Gasteiger partial charge in [0.15, 0.2) is 6.26 Å². The number of hydrogen-bond acceptors (Lipinski definition) is 6. The molecule has 33 heavy (non-hydrogen) atoms. The topological polar surface area (TPSA) is 58.0 Å². The SMILES string of the molecule is N#Cc1cc(I)c(OCCCN2CCN(C3=COC=C(CC4=CC=CCC4)O3)CC2)c(I)c1. The average molecular weight is 671 g/mol. The van der Waals surface area contributed by atoms with Crippen molar-refractivity contribution >= 4 is 45.2 Å². The summed E-state index contributed by atoms with van der Waals surface area (Å²) >= 11 is 4.47. The minimum Gasteiger partial charge on any atom is -0.491 e. The van der Waals surface area contributed by atoms with Gasteiger partial charge in [0.25, 0.3) is 0 Å². The van der Waals surface area contributed by atoms with Crippen molar-refractivity contribution in [3.8, 4) is 11.8 Å². The highest BCUT2D eigenvalue weighted by Gasteiger charge is 2.23. The summed E-state index contributed by atoms with van der Waals surface area (Å²) in [6.07, 6.45) is 13.9. The van der Waals surface area contributed by atoms with E-state index in [0.29, 0.717) is 12.2 Å². The number of nitriles is 1. The van der Waals surface area contributed by atoms with Crippen LogP contribution in [0.5, 0.6) is 5.75 Å². The lowest BCUT2D eigenvalue weighted by molar-refractivity contribution is 0.0733. The van der Waals surface area contributed by atoms with Crippen LogP contribution in [0.25, 0.3) is 0 Å². The van der Waals surface area contributed by atoms with Gasteiger partial charge in [0.2, 0.25) is 5.88 Å². The fraction of sp³-hybridized carbons (Fsp3) is 0.400. The molecule has 0 aromatic heterocycles. The van der Waals surface area contributed by atoms with E-state index >= 15 is 0 Å². The van der Waals surface area contributed by atoms with Crippen molar-refractivity contribution in [3.05, 3.63) is 72.8 Å². The molecule has 2 heterocycles. The van der Waals surface area contributed by atoms with Crippen molar-refractivity contribution < 1.29 is 14.2 Å². The molecule has 8 heteroatoms. The monoisotopic (exact) mass is 671 g/mol. The Balaban J connectivity index is 1.17. The zero-order chi connectivity index (χ0) is 23.0. The lowest BCUT2D eigenvalue weighted by Crippen LogP contribution is -2.46. The van der Waals surface area contributed by atoms with Gasteiger partial charge in [-0.25, -0.2) is 0 Å². The highest BCUT2D eigenvalue weighted by atomic mass is 127. The molecule has 0 unspecified atom stereocenters. The van der Waals surface area contributed by atoms with Gasteiger partial charge < -0.3 is 19.1 Å². The Morgan fingerprint density at radius 1 is 1.09 bits per heavy atom. The minimum absolute atomic E-state index is 0.666. The Bertz CT molecular complexity index is 995. The van der Waals surface area contributed by atoms with Gasteiger partial charge in [-0.3, -0.25) is 4.90 Å². The van der Waals surface area contributed by atoms with E-state index in [0.717, 1.165) is 82.9 Å². The molecule has 0 amide bonds. The summed E-state index contributed by atoms with van der Waals surface area (Å²) in [6.45, 7) is 5.48. The van der Waals surface area contributed by atoms with Gasteiger partial charge in [0.05, 0.1) is 25.4 Å². The molecule has 4 rings (SSSR count). The molecule has 2 aliphatic heterocycles. The molecule has 6 nitrogen and oxygen atoms in total. The predicted molar refractivity (Wildman–Crippen MR) is 144 cm³/mol. The molecule has 1 saturated heterocycles. The van der Waals surface area contributed by atoms with E-state index in [-0.39, 0.29) is 0 Å². The van der Waals surface area contributed by atoms with Gasteiger partial charge in [0, 0.05) is 39.1 Å². The predicted octanol–water partition coefficient (Wildman–Crippen LogP) is 5.51.